The van der Waals surface area contributed by atoms with Crippen LogP contribution in [0.3, 0.4) is 0 Å². The van der Waals surface area contributed by atoms with Crippen molar-refractivity contribution in [3.8, 4) is 90.6 Å². The minimum Gasteiger partial charge on any atom is -0.208 e. The topological polar surface area (TPSA) is 77.3 Å². The SMILES string of the molecule is CC1(C)c2ccccc2-c2cc(-c3ccccc3-c3nc(-c4ccccc4)nc(-c4ccc5c(c4)C4c6ccccc6C5c5cc(-c6nc(-c7ccccc7)nc(-c7ccccc7)n6)ccc54)n3)ccc21. The van der Waals surface area contributed by atoms with Crippen LogP contribution >= 0.6 is 0 Å². The predicted octanol–water partition coefficient (Wildman–Crippen LogP) is 15.0. The lowest BCUT2D eigenvalue weighted by Gasteiger charge is -2.42. The van der Waals surface area contributed by atoms with Gasteiger partial charge in [0.25, 0.3) is 0 Å². The van der Waals surface area contributed by atoms with Gasteiger partial charge in [-0.2, -0.15) is 0 Å². The summed E-state index contributed by atoms with van der Waals surface area (Å²) in [6.45, 7) is 4.65. The van der Waals surface area contributed by atoms with Crippen LogP contribution in [-0.4, -0.2) is 29.9 Å². The van der Waals surface area contributed by atoms with E-state index < -0.39 is 0 Å². The first-order valence-electron chi connectivity index (χ1n) is 24.3. The van der Waals surface area contributed by atoms with Crippen molar-refractivity contribution in [2.45, 2.75) is 31.1 Å². The van der Waals surface area contributed by atoms with E-state index in [1.54, 1.807) is 0 Å². The Balaban J connectivity index is 0.888. The van der Waals surface area contributed by atoms with Crippen molar-refractivity contribution in [2.24, 2.45) is 0 Å². The molecule has 6 nitrogen and oxygen atoms in total. The molecule has 2 aromatic heterocycles. The molecule has 0 spiro atoms. The maximum atomic E-state index is 5.38. The number of nitrogens with zero attached hydrogens (tertiary/aromatic N) is 6. The van der Waals surface area contributed by atoms with Crippen LogP contribution < -0.4 is 0 Å². The van der Waals surface area contributed by atoms with Gasteiger partial charge in [-0.05, 0) is 85.0 Å². The normalized spacial score (nSPS) is 15.3. The second kappa shape index (κ2) is 16.0. The summed E-state index contributed by atoms with van der Waals surface area (Å²) in [5, 5.41) is 0. The van der Waals surface area contributed by atoms with E-state index in [1.165, 1.54) is 55.6 Å². The van der Waals surface area contributed by atoms with Crippen LogP contribution in [0.1, 0.15) is 70.2 Å². The highest BCUT2D eigenvalue weighted by molar-refractivity contribution is 5.88. The van der Waals surface area contributed by atoms with Crippen molar-refractivity contribution in [3.05, 3.63) is 263 Å². The summed E-state index contributed by atoms with van der Waals surface area (Å²) in [7, 11) is 0. The maximum Gasteiger partial charge on any atom is 0.164 e. The van der Waals surface area contributed by atoms with Crippen LogP contribution in [0.4, 0.5) is 0 Å². The summed E-state index contributed by atoms with van der Waals surface area (Å²) < 4.78 is 0. The van der Waals surface area contributed by atoms with Crippen molar-refractivity contribution < 1.29 is 0 Å². The highest BCUT2D eigenvalue weighted by Crippen LogP contribution is 2.57. The lowest BCUT2D eigenvalue weighted by atomic mass is 9.61. The van der Waals surface area contributed by atoms with Gasteiger partial charge < -0.3 is 0 Å². The van der Waals surface area contributed by atoms with E-state index in [9.17, 15) is 0 Å². The second-order valence-corrected chi connectivity index (χ2v) is 19.4. The number of aromatic nitrogens is 6. The highest BCUT2D eigenvalue weighted by Gasteiger charge is 2.42. The van der Waals surface area contributed by atoms with Crippen LogP contribution in [0.2, 0.25) is 0 Å². The van der Waals surface area contributed by atoms with Gasteiger partial charge in [-0.25, -0.2) is 29.9 Å². The fraction of sp³-hybridized carbons (Fsp3) is 0.0769. The molecule has 6 heteroatoms. The minimum absolute atomic E-state index is 0.0128. The van der Waals surface area contributed by atoms with E-state index in [0.29, 0.717) is 34.9 Å². The van der Waals surface area contributed by atoms with E-state index >= 15 is 0 Å². The Morgan fingerprint density at radius 1 is 0.254 bits per heavy atom. The van der Waals surface area contributed by atoms with E-state index in [4.69, 9.17) is 29.9 Å². The van der Waals surface area contributed by atoms with Crippen molar-refractivity contribution in [1.82, 2.24) is 29.9 Å². The van der Waals surface area contributed by atoms with Gasteiger partial charge in [0.1, 0.15) is 0 Å². The molecule has 0 saturated heterocycles. The molecule has 15 rings (SSSR count). The molecule has 4 aliphatic rings. The first-order valence-corrected chi connectivity index (χ1v) is 24.3. The van der Waals surface area contributed by atoms with Crippen molar-refractivity contribution >= 4 is 0 Å². The van der Waals surface area contributed by atoms with E-state index in [0.717, 1.165) is 44.5 Å². The van der Waals surface area contributed by atoms with E-state index in [2.05, 4.69) is 178 Å². The van der Waals surface area contributed by atoms with E-state index in [1.807, 2.05) is 54.6 Å². The Bertz CT molecular complexity index is 3860. The molecule has 0 N–H and O–H groups in total. The Morgan fingerprint density at radius 2 is 0.620 bits per heavy atom. The van der Waals surface area contributed by atoms with Crippen molar-refractivity contribution in [1.29, 1.82) is 0 Å². The third-order valence-electron chi connectivity index (χ3n) is 15.0. The molecule has 11 aromatic rings. The molecule has 334 valence electrons. The molecule has 2 bridgehead atoms. The zero-order valence-corrected chi connectivity index (χ0v) is 39.1. The van der Waals surface area contributed by atoms with Gasteiger partial charge in [0, 0.05) is 50.6 Å². The molecule has 0 saturated carbocycles. The van der Waals surface area contributed by atoms with Crippen molar-refractivity contribution in [3.63, 3.8) is 0 Å². The summed E-state index contributed by atoms with van der Waals surface area (Å²) in [6, 6.07) is 77.4. The monoisotopic (exact) mass is 908 g/mol. The van der Waals surface area contributed by atoms with Crippen LogP contribution in [0.5, 0.6) is 0 Å². The second-order valence-electron chi connectivity index (χ2n) is 19.4. The Hall–Kier alpha value is -9.00. The molecule has 2 unspecified atom stereocenters. The number of hydrogen-bond donors (Lipinski definition) is 0. The average Bonchev–Trinajstić information content (AvgIpc) is 3.67. The van der Waals surface area contributed by atoms with Crippen LogP contribution in [-0.2, 0) is 5.41 Å². The van der Waals surface area contributed by atoms with E-state index in [-0.39, 0.29) is 17.3 Å². The molecule has 0 amide bonds. The number of rotatable bonds is 7. The average molecular weight is 909 g/mol. The Labute approximate surface area is 412 Å². The lowest BCUT2D eigenvalue weighted by molar-refractivity contribution is 0.660. The standard InChI is InChI=1S/C65H44N6/c1-65(2)55-29-17-16-25-46(55)52-36-42(32-35-56(52)65)45-24-12-15-28-51(45)64-70-61(41-22-10-5-11-23-41)69-63(71-64)44-31-34-50-54(38-44)58-48-27-14-13-26-47(48)57(50)53-37-43(30-33-49(53)58)62-67-59(39-18-6-3-7-19-39)66-60(68-62)40-20-8-4-9-21-40/h3-38,57-58H,1-2H3. The quantitative estimate of drug-likeness (QED) is 0.159. The summed E-state index contributed by atoms with van der Waals surface area (Å²) in [5.74, 6) is 3.89. The third-order valence-corrected chi connectivity index (χ3v) is 15.0. The lowest BCUT2D eigenvalue weighted by Crippen LogP contribution is -2.27. The predicted molar refractivity (Wildman–Crippen MR) is 284 cm³/mol. The van der Waals surface area contributed by atoms with Gasteiger partial charge >= 0.3 is 0 Å². The fourth-order valence-corrected chi connectivity index (χ4v) is 11.6. The van der Waals surface area contributed by atoms with Gasteiger partial charge in [-0.1, -0.05) is 214 Å². The van der Waals surface area contributed by atoms with Gasteiger partial charge in [-0.3, -0.25) is 0 Å². The van der Waals surface area contributed by atoms with Gasteiger partial charge in [0.15, 0.2) is 34.9 Å². The largest absolute Gasteiger partial charge is 0.208 e. The van der Waals surface area contributed by atoms with Crippen molar-refractivity contribution in [2.75, 3.05) is 0 Å². The van der Waals surface area contributed by atoms with Gasteiger partial charge in [0.05, 0.1) is 0 Å². The molecule has 0 fully saturated rings. The summed E-state index contributed by atoms with van der Waals surface area (Å²) in [5.41, 5.74) is 20.9. The Morgan fingerprint density at radius 3 is 1.13 bits per heavy atom. The summed E-state index contributed by atoms with van der Waals surface area (Å²) in [4.78, 5) is 31.1. The molecule has 2 atom stereocenters. The first-order chi connectivity index (χ1) is 34.9. The molecule has 4 aliphatic carbocycles. The molecule has 2 heterocycles. The minimum atomic E-state index is -0.0748. The molecule has 71 heavy (non-hydrogen) atoms. The van der Waals surface area contributed by atoms with Gasteiger partial charge in [-0.15, -0.1) is 0 Å². The number of fused-ring (bicyclic) bond motifs is 3. The third kappa shape index (κ3) is 6.63. The smallest absolute Gasteiger partial charge is 0.164 e. The highest BCUT2D eigenvalue weighted by atomic mass is 15.0. The number of hydrogen-bond acceptors (Lipinski definition) is 6. The molecule has 9 aromatic carbocycles. The maximum absolute atomic E-state index is 5.38. The Kier molecular flexibility index (Phi) is 9.27. The zero-order chi connectivity index (χ0) is 47.2. The first kappa shape index (κ1) is 41.0. The van der Waals surface area contributed by atoms with Crippen LogP contribution in [0.25, 0.3) is 90.6 Å². The summed E-state index contributed by atoms with van der Waals surface area (Å²) in [6.07, 6.45) is 0. The zero-order valence-electron chi connectivity index (χ0n) is 39.1. The molecule has 0 radical (unpaired) electrons. The van der Waals surface area contributed by atoms with Crippen LogP contribution in [0, 0.1) is 0 Å². The van der Waals surface area contributed by atoms with Gasteiger partial charge in [0.2, 0.25) is 0 Å². The molecular weight excluding hydrogens is 865 g/mol. The summed E-state index contributed by atoms with van der Waals surface area (Å²) >= 11 is 0. The molecular formula is C65H44N6. The number of benzene rings is 9. The fourth-order valence-electron chi connectivity index (χ4n) is 11.6. The molecule has 0 aliphatic heterocycles. The van der Waals surface area contributed by atoms with Crippen LogP contribution in [0.15, 0.2) is 218 Å².